The third kappa shape index (κ3) is 4.00. The number of nitrogens with one attached hydrogen (secondary N) is 2. The van der Waals surface area contributed by atoms with Crippen molar-refractivity contribution in [1.82, 2.24) is 4.98 Å². The Kier molecular flexibility index (Phi) is 5.25. The number of hydrogen-bond acceptors (Lipinski definition) is 4. The van der Waals surface area contributed by atoms with E-state index in [9.17, 15) is 18.0 Å². The predicted octanol–water partition coefficient (Wildman–Crippen LogP) is 4.50. The van der Waals surface area contributed by atoms with Crippen LogP contribution in [0.1, 0.15) is 10.4 Å². The number of ether oxygens (including phenoxy) is 1. The smallest absolute Gasteiger partial charge is 0.259 e. The summed E-state index contributed by atoms with van der Waals surface area (Å²) in [6.07, 6.45) is 1.34. The molecule has 2 aromatic carbocycles. The van der Waals surface area contributed by atoms with Crippen molar-refractivity contribution in [3.8, 4) is 5.75 Å². The molecule has 0 spiro atoms. The summed E-state index contributed by atoms with van der Waals surface area (Å²) < 4.78 is 45.0. The van der Waals surface area contributed by atoms with Gasteiger partial charge in [0.1, 0.15) is 11.6 Å². The van der Waals surface area contributed by atoms with Gasteiger partial charge in [-0.05, 0) is 36.4 Å². The highest BCUT2D eigenvalue weighted by molar-refractivity contribution is 6.06. The van der Waals surface area contributed by atoms with E-state index in [1.54, 1.807) is 24.3 Å². The third-order valence-corrected chi connectivity index (χ3v) is 3.67. The molecule has 5 nitrogen and oxygen atoms in total. The first kappa shape index (κ1) is 18.2. The van der Waals surface area contributed by atoms with E-state index in [0.717, 1.165) is 12.1 Å². The van der Waals surface area contributed by atoms with Crippen molar-refractivity contribution in [2.45, 2.75) is 0 Å². The van der Waals surface area contributed by atoms with Crippen LogP contribution in [0.4, 0.5) is 30.4 Å². The first-order valence-electron chi connectivity index (χ1n) is 7.80. The minimum absolute atomic E-state index is 0.190. The van der Waals surface area contributed by atoms with Gasteiger partial charge in [0.15, 0.2) is 17.5 Å². The highest BCUT2D eigenvalue weighted by atomic mass is 19.2. The first-order valence-corrected chi connectivity index (χ1v) is 7.80. The van der Waals surface area contributed by atoms with E-state index >= 15 is 0 Å². The number of pyridine rings is 1. The number of aromatic nitrogens is 1. The van der Waals surface area contributed by atoms with Gasteiger partial charge in [0.2, 0.25) is 0 Å². The maximum Gasteiger partial charge on any atom is 0.259 e. The monoisotopic (exact) mass is 373 g/mol. The quantitative estimate of drug-likeness (QED) is 0.647. The molecule has 0 aliphatic rings. The van der Waals surface area contributed by atoms with Gasteiger partial charge in [-0.3, -0.25) is 4.79 Å². The lowest BCUT2D eigenvalue weighted by Crippen LogP contribution is -2.13. The Balaban J connectivity index is 1.72. The molecule has 3 aromatic rings. The fourth-order valence-electron chi connectivity index (χ4n) is 2.33. The van der Waals surface area contributed by atoms with Crippen molar-refractivity contribution in [1.29, 1.82) is 0 Å². The lowest BCUT2D eigenvalue weighted by molar-refractivity contribution is 0.102. The minimum Gasteiger partial charge on any atom is -0.496 e. The minimum atomic E-state index is -1.57. The zero-order valence-electron chi connectivity index (χ0n) is 14.1. The molecule has 138 valence electrons. The number of benzene rings is 2. The van der Waals surface area contributed by atoms with Crippen LogP contribution in [0.2, 0.25) is 0 Å². The molecule has 0 radical (unpaired) electrons. The molecule has 1 aromatic heterocycles. The van der Waals surface area contributed by atoms with Crippen molar-refractivity contribution < 1.29 is 22.7 Å². The van der Waals surface area contributed by atoms with Crippen molar-refractivity contribution in [3.05, 3.63) is 77.7 Å². The molecule has 0 saturated carbocycles. The van der Waals surface area contributed by atoms with E-state index in [0.29, 0.717) is 17.0 Å². The Bertz CT molecular complexity index is 978. The fourth-order valence-corrected chi connectivity index (χ4v) is 2.33. The Morgan fingerprint density at radius 3 is 2.48 bits per heavy atom. The summed E-state index contributed by atoms with van der Waals surface area (Å²) in [5, 5.41) is 5.20. The highest BCUT2D eigenvalue weighted by Crippen LogP contribution is 2.24. The molecular weight excluding hydrogens is 359 g/mol. The highest BCUT2D eigenvalue weighted by Gasteiger charge is 2.14. The normalized spacial score (nSPS) is 10.4. The number of hydrogen-bond donors (Lipinski definition) is 2. The third-order valence-electron chi connectivity index (χ3n) is 3.67. The maximum atomic E-state index is 13.7. The summed E-state index contributed by atoms with van der Waals surface area (Å²) in [6.45, 7) is 0. The van der Waals surface area contributed by atoms with Crippen molar-refractivity contribution >= 4 is 23.1 Å². The predicted molar refractivity (Wildman–Crippen MR) is 94.8 cm³/mol. The Labute approximate surface area is 152 Å². The van der Waals surface area contributed by atoms with Crippen molar-refractivity contribution in [3.63, 3.8) is 0 Å². The number of nitrogens with zero attached hydrogens (tertiary/aromatic N) is 1. The molecular formula is C19H14F3N3O2. The van der Waals surface area contributed by atoms with E-state index in [1.807, 2.05) is 0 Å². The average Bonchev–Trinajstić information content (AvgIpc) is 2.69. The van der Waals surface area contributed by atoms with Gasteiger partial charge in [0.25, 0.3) is 5.91 Å². The van der Waals surface area contributed by atoms with Crippen molar-refractivity contribution in [2.24, 2.45) is 0 Å². The molecule has 0 aliphatic carbocycles. The van der Waals surface area contributed by atoms with Gasteiger partial charge in [-0.1, -0.05) is 12.1 Å². The maximum absolute atomic E-state index is 13.7. The molecule has 2 N–H and O–H groups in total. The van der Waals surface area contributed by atoms with Crippen LogP contribution in [0, 0.1) is 17.5 Å². The summed E-state index contributed by atoms with van der Waals surface area (Å²) in [7, 11) is 1.46. The van der Waals surface area contributed by atoms with E-state index in [2.05, 4.69) is 15.6 Å². The SMILES string of the molecule is COc1ccccc1C(=O)Nc1ccc(Nc2ccc(F)c(F)c2F)nc1. The first-order chi connectivity index (χ1) is 13.0. The molecule has 0 atom stereocenters. The Hall–Kier alpha value is -3.55. The molecule has 0 saturated heterocycles. The largest absolute Gasteiger partial charge is 0.496 e. The standard InChI is InChI=1S/C19H14F3N3O2/c1-27-15-5-3-2-4-12(15)19(26)24-11-6-9-16(23-10-11)25-14-8-7-13(20)17(21)18(14)22/h2-10H,1H3,(H,23,25)(H,24,26). The Morgan fingerprint density at radius 1 is 1.00 bits per heavy atom. The topological polar surface area (TPSA) is 63.2 Å². The summed E-state index contributed by atoms with van der Waals surface area (Å²) in [5.74, 6) is -3.96. The molecule has 0 bridgehead atoms. The van der Waals surface area contributed by atoms with Crippen LogP contribution in [0.15, 0.2) is 54.7 Å². The van der Waals surface area contributed by atoms with E-state index in [-0.39, 0.29) is 17.4 Å². The summed E-state index contributed by atoms with van der Waals surface area (Å²) >= 11 is 0. The van der Waals surface area contributed by atoms with Crippen LogP contribution >= 0.6 is 0 Å². The van der Waals surface area contributed by atoms with Crippen LogP contribution in [0.3, 0.4) is 0 Å². The molecule has 0 fully saturated rings. The molecule has 0 aliphatic heterocycles. The summed E-state index contributed by atoms with van der Waals surface area (Å²) in [6, 6.07) is 11.6. The van der Waals surface area contributed by atoms with Gasteiger partial charge in [0, 0.05) is 0 Å². The number of methoxy groups -OCH3 is 1. The molecule has 1 amide bonds. The lowest BCUT2D eigenvalue weighted by Gasteiger charge is -2.10. The van der Waals surface area contributed by atoms with Gasteiger partial charge in [-0.2, -0.15) is 0 Å². The zero-order valence-corrected chi connectivity index (χ0v) is 14.1. The second-order valence-corrected chi connectivity index (χ2v) is 5.43. The number of halogens is 3. The van der Waals surface area contributed by atoms with E-state index in [1.165, 1.54) is 25.4 Å². The molecule has 1 heterocycles. The number of carbonyl (C=O) groups is 1. The van der Waals surface area contributed by atoms with Crippen LogP contribution in [0.25, 0.3) is 0 Å². The van der Waals surface area contributed by atoms with Gasteiger partial charge in [0.05, 0.1) is 30.2 Å². The van der Waals surface area contributed by atoms with Gasteiger partial charge >= 0.3 is 0 Å². The van der Waals surface area contributed by atoms with Crippen LogP contribution in [-0.4, -0.2) is 18.0 Å². The van der Waals surface area contributed by atoms with Gasteiger partial charge < -0.3 is 15.4 Å². The number of rotatable bonds is 5. The lowest BCUT2D eigenvalue weighted by atomic mass is 10.2. The molecule has 0 unspecified atom stereocenters. The number of carbonyl (C=O) groups excluding carboxylic acids is 1. The average molecular weight is 373 g/mol. The second-order valence-electron chi connectivity index (χ2n) is 5.43. The van der Waals surface area contributed by atoms with Gasteiger partial charge in [-0.25, -0.2) is 18.2 Å². The molecule has 3 rings (SSSR count). The zero-order chi connectivity index (χ0) is 19.4. The van der Waals surface area contributed by atoms with Crippen molar-refractivity contribution in [2.75, 3.05) is 17.7 Å². The number of amides is 1. The van der Waals surface area contributed by atoms with E-state index < -0.39 is 17.5 Å². The Morgan fingerprint density at radius 2 is 1.78 bits per heavy atom. The van der Waals surface area contributed by atoms with Crippen LogP contribution < -0.4 is 15.4 Å². The van der Waals surface area contributed by atoms with Crippen LogP contribution in [-0.2, 0) is 0 Å². The molecule has 27 heavy (non-hydrogen) atoms. The van der Waals surface area contributed by atoms with E-state index in [4.69, 9.17) is 4.74 Å². The second kappa shape index (κ2) is 7.77. The van der Waals surface area contributed by atoms with Gasteiger partial charge in [-0.15, -0.1) is 0 Å². The number of anilines is 3. The number of para-hydroxylation sites is 1. The fraction of sp³-hybridized carbons (Fsp3) is 0.0526. The summed E-state index contributed by atoms with van der Waals surface area (Å²) in [4.78, 5) is 16.3. The summed E-state index contributed by atoms with van der Waals surface area (Å²) in [5.41, 5.74) is 0.487. The van der Waals surface area contributed by atoms with Crippen LogP contribution in [0.5, 0.6) is 5.75 Å². The molecule has 8 heteroatoms.